The standard InChI is InChI=1S/C16H20ClF3N2O2/c1-9(2)8-21-13(23)15(3,4)14(24)22-12-7-10(16(18,19)20)5-6-11(12)17/h5-7,9H,8H2,1-4H3,(H,21,23)(H,22,24). The Balaban J connectivity index is 2.96. The van der Waals surface area contributed by atoms with E-state index in [1.807, 2.05) is 13.8 Å². The number of carbonyl (C=O) groups is 2. The van der Waals surface area contributed by atoms with Gasteiger partial charge >= 0.3 is 6.18 Å². The molecule has 0 aliphatic carbocycles. The molecule has 1 rings (SSSR count). The van der Waals surface area contributed by atoms with E-state index >= 15 is 0 Å². The Morgan fingerprint density at radius 2 is 1.75 bits per heavy atom. The number of alkyl halides is 3. The van der Waals surface area contributed by atoms with E-state index in [0.29, 0.717) is 6.54 Å². The first-order chi connectivity index (χ1) is 10.9. The highest BCUT2D eigenvalue weighted by molar-refractivity contribution is 6.34. The minimum absolute atomic E-state index is 0.0465. The molecule has 0 heterocycles. The molecule has 0 fully saturated rings. The van der Waals surface area contributed by atoms with Gasteiger partial charge in [0, 0.05) is 6.54 Å². The van der Waals surface area contributed by atoms with Crippen molar-refractivity contribution in [3.63, 3.8) is 0 Å². The number of benzene rings is 1. The monoisotopic (exact) mass is 364 g/mol. The maximum absolute atomic E-state index is 12.8. The average Bonchev–Trinajstić information content (AvgIpc) is 2.45. The lowest BCUT2D eigenvalue weighted by Crippen LogP contribution is -2.46. The molecule has 1 aromatic rings. The highest BCUT2D eigenvalue weighted by atomic mass is 35.5. The van der Waals surface area contributed by atoms with Crippen LogP contribution < -0.4 is 10.6 Å². The van der Waals surface area contributed by atoms with Gasteiger partial charge in [0.15, 0.2) is 0 Å². The highest BCUT2D eigenvalue weighted by Gasteiger charge is 2.37. The SMILES string of the molecule is CC(C)CNC(=O)C(C)(C)C(=O)Nc1cc(C(F)(F)F)ccc1Cl. The van der Waals surface area contributed by atoms with Gasteiger partial charge in [-0.2, -0.15) is 13.2 Å². The van der Waals surface area contributed by atoms with E-state index in [9.17, 15) is 22.8 Å². The summed E-state index contributed by atoms with van der Waals surface area (Å²) in [6.45, 7) is 6.96. The van der Waals surface area contributed by atoms with Crippen LogP contribution in [0.1, 0.15) is 33.3 Å². The van der Waals surface area contributed by atoms with Crippen molar-refractivity contribution in [2.45, 2.75) is 33.9 Å². The fraction of sp³-hybridized carbons (Fsp3) is 0.500. The van der Waals surface area contributed by atoms with E-state index in [1.54, 1.807) is 0 Å². The summed E-state index contributed by atoms with van der Waals surface area (Å²) in [4.78, 5) is 24.4. The summed E-state index contributed by atoms with van der Waals surface area (Å²) in [7, 11) is 0. The second-order valence-corrected chi connectivity index (χ2v) is 6.78. The molecule has 0 aliphatic rings. The van der Waals surface area contributed by atoms with Crippen molar-refractivity contribution in [3.05, 3.63) is 28.8 Å². The molecule has 4 nitrogen and oxygen atoms in total. The second-order valence-electron chi connectivity index (χ2n) is 6.38. The van der Waals surface area contributed by atoms with E-state index in [4.69, 9.17) is 11.6 Å². The Morgan fingerprint density at radius 3 is 2.25 bits per heavy atom. The molecule has 1 aromatic carbocycles. The highest BCUT2D eigenvalue weighted by Crippen LogP contribution is 2.34. The van der Waals surface area contributed by atoms with E-state index in [0.717, 1.165) is 18.2 Å². The zero-order valence-corrected chi connectivity index (χ0v) is 14.6. The zero-order chi connectivity index (χ0) is 18.7. The van der Waals surface area contributed by atoms with Gasteiger partial charge in [-0.1, -0.05) is 25.4 Å². The summed E-state index contributed by atoms with van der Waals surface area (Å²) in [6.07, 6.45) is -4.56. The lowest BCUT2D eigenvalue weighted by Gasteiger charge is -2.24. The van der Waals surface area contributed by atoms with Gasteiger partial charge in [-0.3, -0.25) is 9.59 Å². The van der Waals surface area contributed by atoms with Gasteiger partial charge in [-0.15, -0.1) is 0 Å². The molecule has 2 amide bonds. The van der Waals surface area contributed by atoms with Crippen molar-refractivity contribution in [1.82, 2.24) is 5.32 Å². The fourth-order valence-corrected chi connectivity index (χ4v) is 1.86. The molecule has 0 saturated carbocycles. The van der Waals surface area contributed by atoms with Crippen molar-refractivity contribution in [2.75, 3.05) is 11.9 Å². The zero-order valence-electron chi connectivity index (χ0n) is 13.8. The van der Waals surface area contributed by atoms with Crippen LogP contribution in [-0.2, 0) is 15.8 Å². The number of hydrogen-bond donors (Lipinski definition) is 2. The molecule has 0 radical (unpaired) electrons. The van der Waals surface area contributed by atoms with Gasteiger partial charge in [0.25, 0.3) is 0 Å². The summed E-state index contributed by atoms with van der Waals surface area (Å²) in [5.41, 5.74) is -2.60. The second kappa shape index (κ2) is 7.42. The Bertz CT molecular complexity index is 628. The third kappa shape index (κ3) is 5.12. The minimum atomic E-state index is -4.56. The largest absolute Gasteiger partial charge is 0.416 e. The molecule has 0 bridgehead atoms. The lowest BCUT2D eigenvalue weighted by atomic mass is 9.90. The Labute approximate surface area is 143 Å². The molecule has 0 atom stereocenters. The molecule has 134 valence electrons. The van der Waals surface area contributed by atoms with Gasteiger partial charge in [-0.25, -0.2) is 0 Å². The van der Waals surface area contributed by atoms with Crippen LogP contribution in [0.25, 0.3) is 0 Å². The number of hydrogen-bond acceptors (Lipinski definition) is 2. The Kier molecular flexibility index (Phi) is 6.27. The molecule has 8 heteroatoms. The average molecular weight is 365 g/mol. The molecule has 0 aromatic heterocycles. The number of amides is 2. The van der Waals surface area contributed by atoms with Crippen LogP contribution in [0.15, 0.2) is 18.2 Å². The first kappa shape index (κ1) is 20.3. The topological polar surface area (TPSA) is 58.2 Å². The number of anilines is 1. The van der Waals surface area contributed by atoms with Crippen LogP contribution in [0.3, 0.4) is 0 Å². The maximum atomic E-state index is 12.8. The summed E-state index contributed by atoms with van der Waals surface area (Å²) >= 11 is 5.84. The van der Waals surface area contributed by atoms with Crippen molar-refractivity contribution in [2.24, 2.45) is 11.3 Å². The number of nitrogens with one attached hydrogen (secondary N) is 2. The minimum Gasteiger partial charge on any atom is -0.355 e. The van der Waals surface area contributed by atoms with Crippen LogP contribution in [0, 0.1) is 11.3 Å². The normalized spacial score (nSPS) is 12.2. The molecule has 24 heavy (non-hydrogen) atoms. The van der Waals surface area contributed by atoms with Crippen LogP contribution in [0.2, 0.25) is 5.02 Å². The third-order valence-corrected chi connectivity index (χ3v) is 3.68. The number of rotatable bonds is 5. The number of carbonyl (C=O) groups excluding carboxylic acids is 2. The van der Waals surface area contributed by atoms with Crippen molar-refractivity contribution in [1.29, 1.82) is 0 Å². The smallest absolute Gasteiger partial charge is 0.355 e. The predicted molar refractivity (Wildman–Crippen MR) is 86.7 cm³/mol. The van der Waals surface area contributed by atoms with Gasteiger partial charge < -0.3 is 10.6 Å². The van der Waals surface area contributed by atoms with Gasteiger partial charge in [0.2, 0.25) is 11.8 Å². The Hall–Kier alpha value is -1.76. The number of halogens is 4. The van der Waals surface area contributed by atoms with Gasteiger partial charge in [0.1, 0.15) is 5.41 Å². The molecule has 0 spiro atoms. The predicted octanol–water partition coefficient (Wildman–Crippen LogP) is 4.10. The van der Waals surface area contributed by atoms with Crippen LogP contribution >= 0.6 is 11.6 Å². The van der Waals surface area contributed by atoms with E-state index in [2.05, 4.69) is 10.6 Å². The molecule has 2 N–H and O–H groups in total. The van der Waals surface area contributed by atoms with E-state index < -0.39 is 29.0 Å². The van der Waals surface area contributed by atoms with Crippen molar-refractivity contribution >= 4 is 29.1 Å². The van der Waals surface area contributed by atoms with Crippen LogP contribution in [-0.4, -0.2) is 18.4 Å². The molecule has 0 unspecified atom stereocenters. The Morgan fingerprint density at radius 1 is 1.17 bits per heavy atom. The first-order valence-electron chi connectivity index (χ1n) is 7.32. The van der Waals surface area contributed by atoms with E-state index in [-0.39, 0.29) is 16.6 Å². The van der Waals surface area contributed by atoms with Crippen molar-refractivity contribution in [3.8, 4) is 0 Å². The quantitative estimate of drug-likeness (QED) is 0.773. The third-order valence-electron chi connectivity index (χ3n) is 3.35. The molecular weight excluding hydrogens is 345 g/mol. The van der Waals surface area contributed by atoms with Gasteiger partial charge in [-0.05, 0) is 38.0 Å². The van der Waals surface area contributed by atoms with Crippen LogP contribution in [0.5, 0.6) is 0 Å². The summed E-state index contributed by atoms with van der Waals surface area (Å²) in [5, 5.41) is 4.88. The summed E-state index contributed by atoms with van der Waals surface area (Å²) < 4.78 is 38.3. The summed E-state index contributed by atoms with van der Waals surface area (Å²) in [5.74, 6) is -1.06. The molecule has 0 saturated heterocycles. The maximum Gasteiger partial charge on any atom is 0.416 e. The molecular formula is C16H20ClF3N2O2. The van der Waals surface area contributed by atoms with Crippen molar-refractivity contribution < 1.29 is 22.8 Å². The molecule has 0 aliphatic heterocycles. The lowest BCUT2D eigenvalue weighted by molar-refractivity contribution is -0.139. The fourth-order valence-electron chi connectivity index (χ4n) is 1.70. The van der Waals surface area contributed by atoms with Gasteiger partial charge in [0.05, 0.1) is 16.3 Å². The van der Waals surface area contributed by atoms with E-state index in [1.165, 1.54) is 13.8 Å². The first-order valence-corrected chi connectivity index (χ1v) is 7.70. The summed E-state index contributed by atoms with van der Waals surface area (Å²) in [6, 6.07) is 2.60. The van der Waals surface area contributed by atoms with Crippen LogP contribution in [0.4, 0.5) is 18.9 Å².